The molecule has 3 aliphatic rings. The van der Waals surface area contributed by atoms with Gasteiger partial charge in [-0.25, -0.2) is 0 Å². The van der Waals surface area contributed by atoms with E-state index in [1.54, 1.807) is 7.11 Å². The van der Waals surface area contributed by atoms with Gasteiger partial charge in [0.05, 0.1) is 13.7 Å². The zero-order valence-corrected chi connectivity index (χ0v) is 15.4. The summed E-state index contributed by atoms with van der Waals surface area (Å²) in [5.41, 5.74) is 2.34. The Labute approximate surface area is 151 Å². The van der Waals surface area contributed by atoms with Crippen molar-refractivity contribution in [3.63, 3.8) is 0 Å². The summed E-state index contributed by atoms with van der Waals surface area (Å²) in [6.07, 6.45) is 10.0. The SMILES string of the molecule is COc1ccc2c(c1)CCCN2C(=O)CN1CCC[C@@H]2CCCC[C@@H]21. The number of aryl methyl sites for hydroxylation is 1. The fourth-order valence-corrected chi connectivity index (χ4v) is 5.14. The molecule has 1 aromatic rings. The Morgan fingerprint density at radius 3 is 2.84 bits per heavy atom. The zero-order chi connectivity index (χ0) is 17.2. The largest absolute Gasteiger partial charge is 0.497 e. The smallest absolute Gasteiger partial charge is 0.241 e. The molecule has 0 unspecified atom stereocenters. The molecule has 0 spiro atoms. The van der Waals surface area contributed by atoms with E-state index in [9.17, 15) is 4.79 Å². The lowest BCUT2D eigenvalue weighted by atomic mass is 9.78. The van der Waals surface area contributed by atoms with Crippen molar-refractivity contribution < 1.29 is 9.53 Å². The fraction of sp³-hybridized carbons (Fsp3) is 0.667. The molecule has 136 valence electrons. The van der Waals surface area contributed by atoms with E-state index < -0.39 is 0 Å². The molecule has 4 heteroatoms. The summed E-state index contributed by atoms with van der Waals surface area (Å²) in [6.45, 7) is 2.53. The number of hydrogen-bond acceptors (Lipinski definition) is 3. The second kappa shape index (κ2) is 7.36. The molecular weight excluding hydrogens is 312 g/mol. The second-order valence-corrected chi connectivity index (χ2v) is 7.87. The summed E-state index contributed by atoms with van der Waals surface area (Å²) < 4.78 is 5.34. The van der Waals surface area contributed by atoms with Gasteiger partial charge in [-0.1, -0.05) is 12.8 Å². The van der Waals surface area contributed by atoms with Crippen LogP contribution in [-0.4, -0.2) is 43.6 Å². The molecule has 1 aromatic carbocycles. The summed E-state index contributed by atoms with van der Waals surface area (Å²) in [5.74, 6) is 1.99. The number of fused-ring (bicyclic) bond motifs is 2. The molecule has 1 aliphatic carbocycles. The van der Waals surface area contributed by atoms with E-state index in [0.717, 1.165) is 43.3 Å². The number of benzene rings is 1. The molecule has 2 fully saturated rings. The molecule has 2 aliphatic heterocycles. The third kappa shape index (κ3) is 3.41. The number of rotatable bonds is 3. The van der Waals surface area contributed by atoms with Crippen LogP contribution in [0.4, 0.5) is 5.69 Å². The molecule has 1 amide bonds. The van der Waals surface area contributed by atoms with Crippen LogP contribution in [0.25, 0.3) is 0 Å². The zero-order valence-electron chi connectivity index (χ0n) is 15.4. The van der Waals surface area contributed by atoms with Crippen LogP contribution >= 0.6 is 0 Å². The van der Waals surface area contributed by atoms with Gasteiger partial charge in [0, 0.05) is 18.3 Å². The Hall–Kier alpha value is -1.55. The predicted octanol–water partition coefficient (Wildman–Crippen LogP) is 3.63. The minimum atomic E-state index is 0.275. The van der Waals surface area contributed by atoms with Crippen molar-refractivity contribution in [2.24, 2.45) is 5.92 Å². The average Bonchev–Trinajstić information content (AvgIpc) is 2.67. The van der Waals surface area contributed by atoms with E-state index >= 15 is 0 Å². The first-order valence-corrected chi connectivity index (χ1v) is 9.97. The van der Waals surface area contributed by atoms with E-state index in [2.05, 4.69) is 17.0 Å². The maximum Gasteiger partial charge on any atom is 0.241 e. The fourth-order valence-electron chi connectivity index (χ4n) is 5.14. The minimum absolute atomic E-state index is 0.275. The Morgan fingerprint density at radius 1 is 1.12 bits per heavy atom. The number of carbonyl (C=O) groups excluding carboxylic acids is 1. The van der Waals surface area contributed by atoms with Gasteiger partial charge >= 0.3 is 0 Å². The second-order valence-electron chi connectivity index (χ2n) is 7.87. The van der Waals surface area contributed by atoms with Crippen molar-refractivity contribution in [3.8, 4) is 5.75 Å². The third-order valence-corrected chi connectivity index (χ3v) is 6.40. The van der Waals surface area contributed by atoms with Crippen LogP contribution < -0.4 is 9.64 Å². The Bertz CT molecular complexity index is 628. The average molecular weight is 342 g/mol. The molecule has 1 saturated heterocycles. The number of anilines is 1. The summed E-state index contributed by atoms with van der Waals surface area (Å²) in [5, 5.41) is 0. The van der Waals surface area contributed by atoms with Gasteiger partial charge in [-0.05, 0) is 74.8 Å². The van der Waals surface area contributed by atoms with Gasteiger partial charge in [0.1, 0.15) is 5.75 Å². The van der Waals surface area contributed by atoms with Crippen molar-refractivity contribution in [3.05, 3.63) is 23.8 Å². The van der Waals surface area contributed by atoms with Gasteiger partial charge in [-0.2, -0.15) is 0 Å². The molecule has 2 atom stereocenters. The minimum Gasteiger partial charge on any atom is -0.497 e. The number of likely N-dealkylation sites (tertiary alicyclic amines) is 1. The molecule has 0 radical (unpaired) electrons. The summed E-state index contributed by atoms with van der Waals surface area (Å²) >= 11 is 0. The van der Waals surface area contributed by atoms with Crippen LogP contribution in [0, 0.1) is 5.92 Å². The van der Waals surface area contributed by atoms with Crippen LogP contribution in [0.5, 0.6) is 5.75 Å². The van der Waals surface area contributed by atoms with Crippen molar-refractivity contribution >= 4 is 11.6 Å². The Morgan fingerprint density at radius 2 is 1.96 bits per heavy atom. The van der Waals surface area contributed by atoms with Crippen LogP contribution in [0.3, 0.4) is 0 Å². The van der Waals surface area contributed by atoms with Gasteiger partial charge in [0.2, 0.25) is 5.91 Å². The highest BCUT2D eigenvalue weighted by Crippen LogP contribution is 2.36. The highest BCUT2D eigenvalue weighted by atomic mass is 16.5. The molecule has 1 saturated carbocycles. The quantitative estimate of drug-likeness (QED) is 0.841. The molecule has 0 N–H and O–H groups in total. The first kappa shape index (κ1) is 16.9. The van der Waals surface area contributed by atoms with E-state index in [1.165, 1.54) is 44.1 Å². The predicted molar refractivity (Wildman–Crippen MR) is 100 cm³/mol. The number of piperidine rings is 1. The van der Waals surface area contributed by atoms with Crippen LogP contribution in [0.2, 0.25) is 0 Å². The maximum atomic E-state index is 13.1. The van der Waals surface area contributed by atoms with E-state index in [4.69, 9.17) is 4.74 Å². The molecule has 0 aromatic heterocycles. The lowest BCUT2D eigenvalue weighted by Gasteiger charge is -2.44. The molecule has 2 heterocycles. The molecule has 25 heavy (non-hydrogen) atoms. The summed E-state index contributed by atoms with van der Waals surface area (Å²) in [4.78, 5) is 17.6. The molecule has 4 nitrogen and oxygen atoms in total. The van der Waals surface area contributed by atoms with E-state index in [1.807, 2.05) is 11.0 Å². The first-order valence-electron chi connectivity index (χ1n) is 9.97. The highest BCUT2D eigenvalue weighted by Gasteiger charge is 2.35. The summed E-state index contributed by atoms with van der Waals surface area (Å²) in [7, 11) is 1.70. The van der Waals surface area contributed by atoms with Crippen molar-refractivity contribution in [2.75, 3.05) is 31.6 Å². The monoisotopic (exact) mass is 342 g/mol. The summed E-state index contributed by atoms with van der Waals surface area (Å²) in [6, 6.07) is 6.77. The van der Waals surface area contributed by atoms with Gasteiger partial charge < -0.3 is 9.64 Å². The molecule has 4 rings (SSSR count). The third-order valence-electron chi connectivity index (χ3n) is 6.40. The van der Waals surface area contributed by atoms with Crippen molar-refractivity contribution in [1.29, 1.82) is 0 Å². The number of ether oxygens (including phenoxy) is 1. The number of nitrogens with zero attached hydrogens (tertiary/aromatic N) is 2. The topological polar surface area (TPSA) is 32.8 Å². The highest BCUT2D eigenvalue weighted by molar-refractivity contribution is 5.96. The molecular formula is C21H30N2O2. The van der Waals surface area contributed by atoms with Crippen LogP contribution in [0.1, 0.15) is 50.5 Å². The standard InChI is InChI=1S/C21H30N2O2/c1-25-18-10-11-20-17(14-18)8-5-13-23(20)21(24)15-22-12-4-7-16-6-2-3-9-19(16)22/h10-11,14,16,19H,2-9,12-13,15H2,1H3/t16-,19-/m0/s1. The number of hydrogen-bond donors (Lipinski definition) is 0. The van der Waals surface area contributed by atoms with Gasteiger partial charge in [0.25, 0.3) is 0 Å². The normalized spacial score (nSPS) is 26.7. The number of amides is 1. The lowest BCUT2D eigenvalue weighted by molar-refractivity contribution is -0.121. The van der Waals surface area contributed by atoms with Gasteiger partial charge in [-0.3, -0.25) is 9.69 Å². The van der Waals surface area contributed by atoms with Crippen molar-refractivity contribution in [1.82, 2.24) is 4.90 Å². The maximum absolute atomic E-state index is 13.1. The van der Waals surface area contributed by atoms with Gasteiger partial charge in [0.15, 0.2) is 0 Å². The Kier molecular flexibility index (Phi) is 4.98. The van der Waals surface area contributed by atoms with Crippen LogP contribution in [0.15, 0.2) is 18.2 Å². The van der Waals surface area contributed by atoms with E-state index in [-0.39, 0.29) is 5.91 Å². The number of methoxy groups -OCH3 is 1. The first-order chi connectivity index (χ1) is 12.3. The van der Waals surface area contributed by atoms with Crippen molar-refractivity contribution in [2.45, 2.75) is 57.4 Å². The van der Waals surface area contributed by atoms with Crippen LogP contribution in [-0.2, 0) is 11.2 Å². The number of carbonyl (C=O) groups is 1. The molecule has 0 bridgehead atoms. The van der Waals surface area contributed by atoms with E-state index in [0.29, 0.717) is 12.6 Å². The Balaban J connectivity index is 1.48. The van der Waals surface area contributed by atoms with Gasteiger partial charge in [-0.15, -0.1) is 0 Å². The lowest BCUT2D eigenvalue weighted by Crippen LogP contribution is -2.51.